The molecule has 1 N–H and O–H groups in total. The van der Waals surface area contributed by atoms with Crippen LogP contribution < -0.4 is 0 Å². The lowest BCUT2D eigenvalue weighted by Crippen LogP contribution is -1.77. The highest BCUT2D eigenvalue weighted by atomic mass is 79.9. The van der Waals surface area contributed by atoms with Crippen LogP contribution in [0, 0.1) is 0 Å². The van der Waals surface area contributed by atoms with Gasteiger partial charge in [-0.3, -0.25) is 0 Å². The van der Waals surface area contributed by atoms with E-state index in [-0.39, 0.29) is 7.48 Å². The van der Waals surface area contributed by atoms with Crippen molar-refractivity contribution in [3.63, 3.8) is 0 Å². The topological polar surface area (TPSA) is 20.2 Å². The first-order valence-electron chi connectivity index (χ1n) is 3.36. The average molecular weight is 211 g/mol. The Morgan fingerprint density at radius 1 is 1.27 bits per heavy atom. The van der Waals surface area contributed by atoms with Crippen LogP contribution in [0.5, 0.6) is 0 Å². The van der Waals surface area contributed by atoms with E-state index in [9.17, 15) is 0 Å². The molecule has 0 bridgehead atoms. The Balaban J connectivity index is 2.73. The first-order valence-corrected chi connectivity index (χ1v) is 4.15. The summed E-state index contributed by atoms with van der Waals surface area (Å²) in [6.07, 6.45) is 1.88. The van der Waals surface area contributed by atoms with Crippen molar-refractivity contribution in [2.45, 2.75) is 0 Å². The van der Waals surface area contributed by atoms with Gasteiger partial charge in [0.15, 0.2) is 0 Å². The molecule has 1 aromatic carbocycles. The summed E-state index contributed by atoms with van der Waals surface area (Å²) >= 11 is 3.34. The van der Waals surface area contributed by atoms with E-state index >= 15 is 0 Å². The quantitative estimate of drug-likeness (QED) is 0.738. The van der Waals surface area contributed by atoms with E-state index in [1.165, 1.54) is 0 Å². The van der Waals surface area contributed by atoms with Gasteiger partial charge in [-0.05, 0) is 17.7 Å². The summed E-state index contributed by atoms with van der Waals surface area (Å²) in [6.45, 7) is 0. The maximum absolute atomic E-state index is 8.49. The van der Waals surface area contributed by atoms with E-state index in [4.69, 9.17) is 5.02 Å². The first kappa shape index (κ1) is 8.56. The van der Waals surface area contributed by atoms with Gasteiger partial charge in [0.1, 0.15) is 0 Å². The average Bonchev–Trinajstić information content (AvgIpc) is 2.04. The van der Waals surface area contributed by atoms with Crippen molar-refractivity contribution in [3.8, 4) is 0 Å². The van der Waals surface area contributed by atoms with Crippen LogP contribution in [0.4, 0.5) is 0 Å². The van der Waals surface area contributed by atoms with E-state index in [1.807, 2.05) is 30.3 Å². The Morgan fingerprint density at radius 2 is 1.91 bits per heavy atom. The third-order valence-corrected chi connectivity index (χ3v) is 1.81. The SMILES string of the molecule is OB/C=C/c1ccc(Br)cc1. The van der Waals surface area contributed by atoms with Crippen LogP contribution in [-0.2, 0) is 0 Å². The standard InChI is InChI=1S/C8H8BBrO/c10-8-3-1-7(2-4-8)5-6-9-11/h1-6,9,11H/b6-5+. The van der Waals surface area contributed by atoms with E-state index in [1.54, 1.807) is 5.98 Å². The van der Waals surface area contributed by atoms with Crippen molar-refractivity contribution in [3.05, 3.63) is 40.3 Å². The minimum Gasteiger partial charge on any atom is -0.450 e. The molecule has 0 aliphatic rings. The molecule has 0 aliphatic heterocycles. The Bertz CT molecular complexity index is 243. The summed E-state index contributed by atoms with van der Waals surface area (Å²) in [7, 11) is 0.0933. The second-order valence-corrected chi connectivity index (χ2v) is 3.05. The fourth-order valence-electron chi connectivity index (χ4n) is 0.763. The number of hydrogen-bond donors (Lipinski definition) is 1. The lowest BCUT2D eigenvalue weighted by Gasteiger charge is -1.91. The monoisotopic (exact) mass is 210 g/mol. The summed E-state index contributed by atoms with van der Waals surface area (Å²) in [5.41, 5.74) is 1.10. The van der Waals surface area contributed by atoms with Crippen molar-refractivity contribution >= 4 is 29.5 Å². The number of benzene rings is 1. The van der Waals surface area contributed by atoms with Crippen molar-refractivity contribution < 1.29 is 5.02 Å². The van der Waals surface area contributed by atoms with E-state index in [2.05, 4.69) is 15.9 Å². The smallest absolute Gasteiger partial charge is 0.297 e. The van der Waals surface area contributed by atoms with Gasteiger partial charge in [-0.15, -0.1) is 0 Å². The molecule has 0 amide bonds. The van der Waals surface area contributed by atoms with Gasteiger partial charge in [0.05, 0.1) is 0 Å². The van der Waals surface area contributed by atoms with Gasteiger partial charge in [0.25, 0.3) is 7.48 Å². The van der Waals surface area contributed by atoms with Gasteiger partial charge in [-0.2, -0.15) is 0 Å². The molecule has 0 saturated carbocycles. The third-order valence-electron chi connectivity index (χ3n) is 1.29. The highest BCUT2D eigenvalue weighted by molar-refractivity contribution is 9.10. The van der Waals surface area contributed by atoms with Gasteiger partial charge in [-0.1, -0.05) is 40.1 Å². The van der Waals surface area contributed by atoms with Gasteiger partial charge < -0.3 is 5.02 Å². The maximum Gasteiger partial charge on any atom is 0.297 e. The molecule has 0 saturated heterocycles. The summed E-state index contributed by atoms with van der Waals surface area (Å²) < 4.78 is 1.07. The number of halogens is 1. The normalized spacial score (nSPS) is 10.4. The van der Waals surface area contributed by atoms with Crippen molar-refractivity contribution in [2.75, 3.05) is 0 Å². The summed E-state index contributed by atoms with van der Waals surface area (Å²) in [5.74, 6) is 1.71. The molecule has 0 heterocycles. The molecule has 0 fully saturated rings. The molecular weight excluding hydrogens is 203 g/mol. The minimum absolute atomic E-state index is 0.0933. The van der Waals surface area contributed by atoms with Crippen LogP contribution in [-0.4, -0.2) is 12.5 Å². The fraction of sp³-hybridized carbons (Fsp3) is 0. The molecule has 11 heavy (non-hydrogen) atoms. The molecule has 0 radical (unpaired) electrons. The Labute approximate surface area is 75.2 Å². The zero-order valence-corrected chi connectivity index (χ0v) is 7.58. The zero-order valence-electron chi connectivity index (χ0n) is 6.00. The fourth-order valence-corrected chi connectivity index (χ4v) is 1.03. The van der Waals surface area contributed by atoms with Crippen LogP contribution >= 0.6 is 15.9 Å². The van der Waals surface area contributed by atoms with Crippen LogP contribution in [0.2, 0.25) is 0 Å². The molecule has 0 atom stereocenters. The maximum atomic E-state index is 8.49. The lowest BCUT2D eigenvalue weighted by atomic mass is 10.0. The van der Waals surface area contributed by atoms with Gasteiger partial charge in [0, 0.05) is 4.47 Å². The molecule has 56 valence electrons. The van der Waals surface area contributed by atoms with Gasteiger partial charge in [0.2, 0.25) is 0 Å². The van der Waals surface area contributed by atoms with E-state index < -0.39 is 0 Å². The number of rotatable bonds is 2. The Kier molecular flexibility index (Phi) is 3.40. The first-order chi connectivity index (χ1) is 5.33. The lowest BCUT2D eigenvalue weighted by molar-refractivity contribution is 0.615. The van der Waals surface area contributed by atoms with Crippen molar-refractivity contribution in [2.24, 2.45) is 0 Å². The predicted molar refractivity (Wildman–Crippen MR) is 52.5 cm³/mol. The minimum atomic E-state index is 0.0933. The van der Waals surface area contributed by atoms with Crippen LogP contribution in [0.3, 0.4) is 0 Å². The Morgan fingerprint density at radius 3 is 2.45 bits per heavy atom. The van der Waals surface area contributed by atoms with E-state index in [0.717, 1.165) is 10.0 Å². The van der Waals surface area contributed by atoms with E-state index in [0.29, 0.717) is 0 Å². The number of hydrogen-bond acceptors (Lipinski definition) is 1. The Hall–Kier alpha value is -0.535. The largest absolute Gasteiger partial charge is 0.450 e. The molecule has 0 unspecified atom stereocenters. The molecular formula is C8H8BBrO. The molecule has 3 heteroatoms. The van der Waals surface area contributed by atoms with Crippen LogP contribution in [0.15, 0.2) is 34.7 Å². The molecule has 1 rings (SSSR count). The zero-order chi connectivity index (χ0) is 8.10. The van der Waals surface area contributed by atoms with Crippen molar-refractivity contribution in [1.29, 1.82) is 0 Å². The molecule has 0 aromatic heterocycles. The van der Waals surface area contributed by atoms with Gasteiger partial charge in [-0.25, -0.2) is 0 Å². The predicted octanol–water partition coefficient (Wildman–Crippen LogP) is 1.76. The summed E-state index contributed by atoms with van der Waals surface area (Å²) in [5, 5.41) is 8.49. The second-order valence-electron chi connectivity index (χ2n) is 2.14. The second kappa shape index (κ2) is 4.37. The highest BCUT2D eigenvalue weighted by Crippen LogP contribution is 2.10. The van der Waals surface area contributed by atoms with Crippen molar-refractivity contribution in [1.82, 2.24) is 0 Å². The molecule has 1 aromatic rings. The molecule has 0 spiro atoms. The van der Waals surface area contributed by atoms with Crippen LogP contribution in [0.25, 0.3) is 6.08 Å². The third kappa shape index (κ3) is 2.91. The highest BCUT2D eigenvalue weighted by Gasteiger charge is 1.85. The molecule has 0 aliphatic carbocycles. The summed E-state index contributed by atoms with van der Waals surface area (Å²) in [6, 6.07) is 7.90. The summed E-state index contributed by atoms with van der Waals surface area (Å²) in [4.78, 5) is 0. The molecule has 1 nitrogen and oxygen atoms in total. The van der Waals surface area contributed by atoms with Crippen LogP contribution in [0.1, 0.15) is 5.56 Å². The van der Waals surface area contributed by atoms with Gasteiger partial charge >= 0.3 is 0 Å².